The van der Waals surface area contributed by atoms with Crippen LogP contribution in [0, 0.1) is 10.1 Å². The number of nitro groups is 1. The molecule has 2 rings (SSSR count). The van der Waals surface area contributed by atoms with Crippen molar-refractivity contribution in [3.05, 3.63) is 74.4 Å². The minimum Gasteiger partial charge on any atom is -0.494 e. The maximum atomic E-state index is 12.4. The van der Waals surface area contributed by atoms with Gasteiger partial charge in [-0.15, -0.1) is 0 Å². The van der Waals surface area contributed by atoms with Crippen LogP contribution in [0.15, 0.2) is 53.3 Å². The highest BCUT2D eigenvalue weighted by atomic mass is 16.6. The molecule has 29 heavy (non-hydrogen) atoms. The smallest absolute Gasteiger partial charge is 0.269 e. The number of rotatable bonds is 11. The van der Waals surface area contributed by atoms with Gasteiger partial charge in [0.05, 0.1) is 17.2 Å². The summed E-state index contributed by atoms with van der Waals surface area (Å²) in [5.74, 6) is 0.208. The minimum absolute atomic E-state index is 0.0218. The van der Waals surface area contributed by atoms with Crippen LogP contribution < -0.4 is 15.5 Å². The molecule has 0 aliphatic heterocycles. The van der Waals surface area contributed by atoms with Gasteiger partial charge in [-0.25, -0.2) is 0 Å². The fraction of sp³-hybridized carbons (Fsp3) is 0.364. The van der Waals surface area contributed by atoms with E-state index < -0.39 is 16.3 Å². The quantitative estimate of drug-likeness (QED) is 0.328. The Morgan fingerprint density at radius 1 is 0.966 bits per heavy atom. The highest BCUT2D eigenvalue weighted by Gasteiger charge is 2.10. The summed E-state index contributed by atoms with van der Waals surface area (Å²) in [6.07, 6.45) is 7.13. The monoisotopic (exact) mass is 398 g/mol. The van der Waals surface area contributed by atoms with Gasteiger partial charge in [0.1, 0.15) is 5.75 Å². The number of nitrogens with zero attached hydrogens (tertiary/aromatic N) is 1. The van der Waals surface area contributed by atoms with Crippen LogP contribution in [0.5, 0.6) is 5.75 Å². The van der Waals surface area contributed by atoms with Crippen molar-refractivity contribution in [2.24, 2.45) is 0 Å². The third-order valence-corrected chi connectivity index (χ3v) is 4.43. The summed E-state index contributed by atoms with van der Waals surface area (Å²) in [5.41, 5.74) is -0.399. The van der Waals surface area contributed by atoms with Crippen LogP contribution in [0.3, 0.4) is 0 Å². The molecule has 0 saturated heterocycles. The number of carbonyl (C=O) groups excluding carboxylic acids is 1. The second-order valence-electron chi connectivity index (χ2n) is 6.72. The molecule has 1 N–H and O–H groups in total. The summed E-state index contributed by atoms with van der Waals surface area (Å²) in [5, 5.41) is 13.3. The first-order valence-electron chi connectivity index (χ1n) is 9.84. The number of hydrogen-bond acceptors (Lipinski definition) is 5. The van der Waals surface area contributed by atoms with Gasteiger partial charge < -0.3 is 10.1 Å². The molecule has 0 unspecified atom stereocenters. The lowest BCUT2D eigenvalue weighted by Gasteiger charge is -2.07. The highest BCUT2D eigenvalue weighted by molar-refractivity contribution is 6.04. The Bertz CT molecular complexity index is 881. The van der Waals surface area contributed by atoms with Crippen molar-refractivity contribution < 1.29 is 14.5 Å². The van der Waals surface area contributed by atoms with Gasteiger partial charge in [0.2, 0.25) is 5.43 Å². The second kappa shape index (κ2) is 11.6. The molecule has 0 fully saturated rings. The van der Waals surface area contributed by atoms with E-state index in [-0.39, 0.29) is 11.4 Å². The molecule has 0 radical (unpaired) electrons. The number of carbonyl (C=O) groups is 1. The van der Waals surface area contributed by atoms with Crippen molar-refractivity contribution in [1.29, 1.82) is 0 Å². The molecule has 1 amide bonds. The van der Waals surface area contributed by atoms with Crippen LogP contribution in [0.1, 0.15) is 55.8 Å². The second-order valence-corrected chi connectivity index (χ2v) is 6.72. The average molecular weight is 398 g/mol. The minimum atomic E-state index is -0.602. The lowest BCUT2D eigenvalue weighted by atomic mass is 10.1. The Morgan fingerprint density at radius 2 is 1.62 bits per heavy atom. The van der Waals surface area contributed by atoms with E-state index in [9.17, 15) is 19.7 Å². The lowest BCUT2D eigenvalue weighted by molar-refractivity contribution is -0.384. The van der Waals surface area contributed by atoms with E-state index in [1.807, 2.05) is 0 Å². The molecule has 7 heteroatoms. The number of amides is 1. The van der Waals surface area contributed by atoms with Crippen LogP contribution in [-0.2, 0) is 0 Å². The summed E-state index contributed by atoms with van der Waals surface area (Å²) >= 11 is 0. The summed E-state index contributed by atoms with van der Waals surface area (Å²) in [6.45, 7) is 2.83. The van der Waals surface area contributed by atoms with Gasteiger partial charge in [-0.2, -0.15) is 0 Å². The van der Waals surface area contributed by atoms with Crippen LogP contribution in [-0.4, -0.2) is 17.4 Å². The molecule has 154 valence electrons. The van der Waals surface area contributed by atoms with Gasteiger partial charge in [0.15, 0.2) is 0 Å². The molecule has 2 aromatic carbocycles. The summed E-state index contributed by atoms with van der Waals surface area (Å²) in [6, 6.07) is 11.2. The Labute approximate surface area is 169 Å². The third-order valence-electron chi connectivity index (χ3n) is 4.43. The lowest BCUT2D eigenvalue weighted by Crippen LogP contribution is -2.16. The van der Waals surface area contributed by atoms with E-state index >= 15 is 0 Å². The maximum absolute atomic E-state index is 12.4. The standard InChI is InChI=1S/C22H26N2O5/c1-2-3-4-5-6-7-16-29-19-12-8-17(9-13-19)22(26)23-20-14-10-18(24(27)28)11-15-21(20)25/h8-15H,2-7,16H2,1H3,(H,23,25,26). The van der Waals surface area contributed by atoms with Crippen molar-refractivity contribution in [3.63, 3.8) is 0 Å². The van der Waals surface area contributed by atoms with Crippen molar-refractivity contribution in [1.82, 2.24) is 0 Å². The normalized spacial score (nSPS) is 10.4. The Balaban J connectivity index is 1.88. The van der Waals surface area contributed by atoms with E-state index in [4.69, 9.17) is 4.74 Å². The van der Waals surface area contributed by atoms with Crippen LogP contribution in [0.2, 0.25) is 0 Å². The summed E-state index contributed by atoms with van der Waals surface area (Å²) in [7, 11) is 0. The molecule has 0 spiro atoms. The van der Waals surface area contributed by atoms with Crippen LogP contribution in [0.25, 0.3) is 0 Å². The summed E-state index contributed by atoms with van der Waals surface area (Å²) in [4.78, 5) is 34.5. The highest BCUT2D eigenvalue weighted by Crippen LogP contribution is 2.15. The maximum Gasteiger partial charge on any atom is 0.269 e. The zero-order chi connectivity index (χ0) is 21.1. The molecule has 0 aromatic heterocycles. The third kappa shape index (κ3) is 7.37. The molecule has 0 saturated carbocycles. The Morgan fingerprint density at radius 3 is 2.31 bits per heavy atom. The first kappa shape index (κ1) is 22.1. The molecule has 7 nitrogen and oxygen atoms in total. The van der Waals surface area contributed by atoms with E-state index in [1.54, 1.807) is 24.3 Å². The van der Waals surface area contributed by atoms with Gasteiger partial charge in [-0.1, -0.05) is 39.0 Å². The van der Waals surface area contributed by atoms with E-state index in [2.05, 4.69) is 12.2 Å². The molecule has 0 atom stereocenters. The van der Waals surface area contributed by atoms with Crippen molar-refractivity contribution in [2.75, 3.05) is 11.9 Å². The van der Waals surface area contributed by atoms with Crippen LogP contribution >= 0.6 is 0 Å². The van der Waals surface area contributed by atoms with Crippen molar-refractivity contribution >= 4 is 17.3 Å². The number of benzene rings is 1. The fourth-order valence-electron chi connectivity index (χ4n) is 2.75. The molecule has 0 heterocycles. The van der Waals surface area contributed by atoms with Crippen molar-refractivity contribution in [3.8, 4) is 5.75 Å². The zero-order valence-electron chi connectivity index (χ0n) is 16.6. The van der Waals surface area contributed by atoms with Gasteiger partial charge in [0, 0.05) is 17.7 Å². The molecule has 0 bridgehead atoms. The van der Waals surface area contributed by atoms with Crippen molar-refractivity contribution in [2.45, 2.75) is 45.4 Å². The topological polar surface area (TPSA) is 98.5 Å². The van der Waals surface area contributed by atoms with E-state index in [0.717, 1.165) is 25.0 Å². The fourth-order valence-corrected chi connectivity index (χ4v) is 2.75. The molecular weight excluding hydrogens is 372 g/mol. The van der Waals surface area contributed by atoms with Crippen LogP contribution in [0.4, 0.5) is 11.4 Å². The molecule has 2 aromatic rings. The molecule has 0 aliphatic carbocycles. The first-order chi connectivity index (χ1) is 14.0. The molecular formula is C22H26N2O5. The predicted molar refractivity (Wildman–Crippen MR) is 113 cm³/mol. The number of hydrogen-bond donors (Lipinski definition) is 1. The van der Waals surface area contributed by atoms with Gasteiger partial charge in [-0.3, -0.25) is 19.7 Å². The predicted octanol–water partition coefficient (Wildman–Crippen LogP) is 4.95. The number of ether oxygens (including phenoxy) is 1. The first-order valence-corrected chi connectivity index (χ1v) is 9.84. The Hall–Kier alpha value is -3.22. The zero-order valence-corrected chi connectivity index (χ0v) is 16.6. The van der Waals surface area contributed by atoms with Gasteiger partial charge in [-0.05, 0) is 42.8 Å². The Kier molecular flexibility index (Phi) is 8.82. The van der Waals surface area contributed by atoms with Gasteiger partial charge in [0.25, 0.3) is 11.6 Å². The number of unbranched alkanes of at least 4 members (excludes halogenated alkanes) is 5. The van der Waals surface area contributed by atoms with E-state index in [0.29, 0.717) is 17.9 Å². The van der Waals surface area contributed by atoms with E-state index in [1.165, 1.54) is 37.8 Å². The number of nitrogens with one attached hydrogen (secondary N) is 1. The largest absolute Gasteiger partial charge is 0.494 e. The SMILES string of the molecule is CCCCCCCCOc1ccc(C(=O)Nc2ccc([N+](=O)[O-])ccc2=O)cc1. The van der Waals surface area contributed by atoms with Gasteiger partial charge >= 0.3 is 0 Å². The molecule has 0 aliphatic rings. The average Bonchev–Trinajstić information content (AvgIpc) is 2.89. The summed E-state index contributed by atoms with van der Waals surface area (Å²) < 4.78 is 5.69. The number of anilines is 1.